The van der Waals surface area contributed by atoms with E-state index in [1.54, 1.807) is 17.0 Å². The number of hydrogen-bond donors (Lipinski definition) is 2. The van der Waals surface area contributed by atoms with Gasteiger partial charge >= 0.3 is 0 Å². The molecular weight excluding hydrogens is 312 g/mol. The fraction of sp³-hybridized carbons (Fsp3) is 0.167. The Hall–Kier alpha value is -2.02. The van der Waals surface area contributed by atoms with Crippen LogP contribution in [0.1, 0.15) is 5.82 Å². The van der Waals surface area contributed by atoms with Crippen LogP contribution in [0.5, 0.6) is 5.75 Å². The fourth-order valence-corrected chi connectivity index (χ4v) is 1.82. The number of benzene rings is 1. The highest BCUT2D eigenvalue weighted by molar-refractivity contribution is 9.10. The summed E-state index contributed by atoms with van der Waals surface area (Å²) in [5.41, 5.74) is 5.51. The Labute approximate surface area is 118 Å². The lowest BCUT2D eigenvalue weighted by atomic mass is 10.3. The van der Waals surface area contributed by atoms with Crippen molar-refractivity contribution in [1.29, 1.82) is 0 Å². The van der Waals surface area contributed by atoms with Gasteiger partial charge in [0.1, 0.15) is 12.4 Å². The van der Waals surface area contributed by atoms with Gasteiger partial charge in [-0.2, -0.15) is 0 Å². The predicted octanol–water partition coefficient (Wildman–Crippen LogP) is 1.82. The number of nitrogens with two attached hydrogens (primary N) is 1. The molecule has 3 N–H and O–H groups in total. The van der Waals surface area contributed by atoms with Crippen LogP contribution in [-0.4, -0.2) is 27.2 Å². The molecule has 100 valence electrons. The maximum Gasteiger partial charge on any atom is 0.206 e. The summed E-state index contributed by atoms with van der Waals surface area (Å²) in [6.45, 7) is 1.02. The van der Waals surface area contributed by atoms with Crippen LogP contribution in [-0.2, 0) is 6.54 Å². The number of ether oxygens (including phenoxy) is 1. The number of oxime groups is 1. The largest absolute Gasteiger partial charge is 0.492 e. The van der Waals surface area contributed by atoms with Gasteiger partial charge in [0, 0.05) is 16.9 Å². The molecule has 0 aliphatic heterocycles. The van der Waals surface area contributed by atoms with E-state index in [1.807, 2.05) is 24.3 Å². The number of nitrogens with zero attached hydrogens (tertiary/aromatic N) is 3. The van der Waals surface area contributed by atoms with Crippen LogP contribution < -0.4 is 10.5 Å². The zero-order valence-electron chi connectivity index (χ0n) is 10.0. The van der Waals surface area contributed by atoms with Crippen molar-refractivity contribution in [1.82, 2.24) is 9.55 Å². The summed E-state index contributed by atoms with van der Waals surface area (Å²) in [5, 5.41) is 11.6. The van der Waals surface area contributed by atoms with Crippen molar-refractivity contribution in [2.45, 2.75) is 6.54 Å². The normalized spacial score (nSPS) is 11.5. The molecule has 7 heteroatoms. The summed E-state index contributed by atoms with van der Waals surface area (Å²) in [5.74, 6) is 1.18. The highest BCUT2D eigenvalue weighted by Crippen LogP contribution is 2.16. The summed E-state index contributed by atoms with van der Waals surface area (Å²) in [4.78, 5) is 4.01. The van der Waals surface area contributed by atoms with Crippen LogP contribution in [0.3, 0.4) is 0 Å². The summed E-state index contributed by atoms with van der Waals surface area (Å²) in [6, 6.07) is 7.58. The molecule has 2 aromatic rings. The average molecular weight is 325 g/mol. The molecule has 0 saturated carbocycles. The van der Waals surface area contributed by atoms with Crippen molar-refractivity contribution in [3.05, 3.63) is 47.0 Å². The van der Waals surface area contributed by atoms with Gasteiger partial charge in [0.15, 0.2) is 5.82 Å². The molecule has 0 aliphatic carbocycles. The van der Waals surface area contributed by atoms with Crippen LogP contribution in [0, 0.1) is 0 Å². The molecule has 0 radical (unpaired) electrons. The molecule has 0 unspecified atom stereocenters. The monoisotopic (exact) mass is 324 g/mol. The molecule has 19 heavy (non-hydrogen) atoms. The highest BCUT2D eigenvalue weighted by Gasteiger charge is 2.07. The molecule has 0 spiro atoms. The van der Waals surface area contributed by atoms with E-state index >= 15 is 0 Å². The van der Waals surface area contributed by atoms with Gasteiger partial charge in [0.25, 0.3) is 0 Å². The zero-order valence-corrected chi connectivity index (χ0v) is 11.6. The van der Waals surface area contributed by atoms with Crippen molar-refractivity contribution in [3.8, 4) is 5.75 Å². The first-order chi connectivity index (χ1) is 9.20. The lowest BCUT2D eigenvalue weighted by Crippen LogP contribution is -2.21. The predicted molar refractivity (Wildman–Crippen MR) is 74.4 cm³/mol. The third kappa shape index (κ3) is 3.47. The third-order valence-corrected chi connectivity index (χ3v) is 3.00. The fourth-order valence-electron chi connectivity index (χ4n) is 1.56. The van der Waals surface area contributed by atoms with Gasteiger partial charge in [0.05, 0.1) is 6.54 Å². The van der Waals surface area contributed by atoms with E-state index in [9.17, 15) is 0 Å². The second-order valence-corrected chi connectivity index (χ2v) is 4.65. The van der Waals surface area contributed by atoms with E-state index in [0.29, 0.717) is 19.0 Å². The average Bonchev–Trinajstić information content (AvgIpc) is 2.88. The van der Waals surface area contributed by atoms with E-state index in [-0.39, 0.29) is 5.84 Å². The summed E-state index contributed by atoms with van der Waals surface area (Å²) in [7, 11) is 0. The number of imidazole rings is 1. The van der Waals surface area contributed by atoms with Gasteiger partial charge in [-0.05, 0) is 24.3 Å². The van der Waals surface area contributed by atoms with Crippen molar-refractivity contribution < 1.29 is 9.94 Å². The number of rotatable bonds is 5. The van der Waals surface area contributed by atoms with Crippen LogP contribution >= 0.6 is 15.9 Å². The Balaban J connectivity index is 1.93. The van der Waals surface area contributed by atoms with Gasteiger partial charge in [-0.25, -0.2) is 4.98 Å². The van der Waals surface area contributed by atoms with E-state index in [0.717, 1.165) is 10.2 Å². The first-order valence-electron chi connectivity index (χ1n) is 5.58. The van der Waals surface area contributed by atoms with Crippen LogP contribution in [0.15, 0.2) is 46.3 Å². The SMILES string of the molecule is NC(=NO)c1nccn1CCOc1ccc(Br)cc1. The van der Waals surface area contributed by atoms with E-state index in [4.69, 9.17) is 15.7 Å². The molecule has 0 bridgehead atoms. The van der Waals surface area contributed by atoms with Gasteiger partial charge < -0.3 is 20.2 Å². The first kappa shape index (κ1) is 13.4. The Bertz CT molecular complexity index is 565. The molecule has 1 aromatic heterocycles. The first-order valence-corrected chi connectivity index (χ1v) is 6.37. The zero-order chi connectivity index (χ0) is 13.7. The maximum atomic E-state index is 8.63. The Morgan fingerprint density at radius 2 is 2.16 bits per heavy atom. The standard InChI is InChI=1S/C12H13BrN4O2/c13-9-1-3-10(4-2-9)19-8-7-17-6-5-15-12(17)11(14)16-18/h1-6,18H,7-8H2,(H2,14,16). The molecule has 0 aliphatic rings. The van der Waals surface area contributed by atoms with Crippen molar-refractivity contribution in [2.24, 2.45) is 10.9 Å². The van der Waals surface area contributed by atoms with Crippen LogP contribution in [0.2, 0.25) is 0 Å². The van der Waals surface area contributed by atoms with Gasteiger partial charge in [-0.3, -0.25) is 0 Å². The quantitative estimate of drug-likeness (QED) is 0.380. The molecule has 1 aromatic carbocycles. The van der Waals surface area contributed by atoms with E-state index < -0.39 is 0 Å². The molecule has 0 atom stereocenters. The van der Waals surface area contributed by atoms with Gasteiger partial charge in [-0.15, -0.1) is 0 Å². The Morgan fingerprint density at radius 3 is 2.84 bits per heavy atom. The summed E-state index contributed by atoms with van der Waals surface area (Å²) in [6.07, 6.45) is 3.34. The Morgan fingerprint density at radius 1 is 1.42 bits per heavy atom. The third-order valence-electron chi connectivity index (χ3n) is 2.47. The highest BCUT2D eigenvalue weighted by atomic mass is 79.9. The minimum Gasteiger partial charge on any atom is -0.492 e. The molecule has 0 amide bonds. The van der Waals surface area contributed by atoms with Gasteiger partial charge in [-0.1, -0.05) is 21.1 Å². The molecule has 2 rings (SSSR count). The Kier molecular flexibility index (Phi) is 4.40. The molecule has 6 nitrogen and oxygen atoms in total. The minimum atomic E-state index is -0.0198. The van der Waals surface area contributed by atoms with Crippen molar-refractivity contribution >= 4 is 21.8 Å². The number of aromatic nitrogens is 2. The smallest absolute Gasteiger partial charge is 0.206 e. The molecular formula is C12H13BrN4O2. The summed E-state index contributed by atoms with van der Waals surface area (Å²) < 4.78 is 8.35. The lowest BCUT2D eigenvalue weighted by Gasteiger charge is -2.09. The topological polar surface area (TPSA) is 85.7 Å². The second kappa shape index (κ2) is 6.24. The number of halogens is 1. The van der Waals surface area contributed by atoms with E-state index in [2.05, 4.69) is 26.1 Å². The lowest BCUT2D eigenvalue weighted by molar-refractivity contribution is 0.297. The molecule has 1 heterocycles. The summed E-state index contributed by atoms with van der Waals surface area (Å²) >= 11 is 3.36. The second-order valence-electron chi connectivity index (χ2n) is 3.73. The van der Waals surface area contributed by atoms with Crippen LogP contribution in [0.4, 0.5) is 0 Å². The molecule has 0 saturated heterocycles. The van der Waals surface area contributed by atoms with Crippen LogP contribution in [0.25, 0.3) is 0 Å². The van der Waals surface area contributed by atoms with Crippen molar-refractivity contribution in [2.75, 3.05) is 6.61 Å². The number of hydrogen-bond acceptors (Lipinski definition) is 4. The van der Waals surface area contributed by atoms with Crippen molar-refractivity contribution in [3.63, 3.8) is 0 Å². The minimum absolute atomic E-state index is 0.0198. The number of amidine groups is 1. The van der Waals surface area contributed by atoms with E-state index in [1.165, 1.54) is 0 Å². The molecule has 0 fully saturated rings. The maximum absolute atomic E-state index is 8.63. The van der Waals surface area contributed by atoms with Gasteiger partial charge in [0.2, 0.25) is 5.84 Å².